The van der Waals surface area contributed by atoms with Crippen LogP contribution in [0.5, 0.6) is 0 Å². The molecular formula is C10H8ClN. The molecule has 0 unspecified atom stereocenters. The number of alkyl halides is 1. The topological polar surface area (TPSA) is 12.9 Å². The monoisotopic (exact) mass is 177 g/mol. The lowest BCUT2D eigenvalue weighted by atomic mass is 10.1. The number of rotatable bonds is 1. The van der Waals surface area contributed by atoms with Crippen molar-refractivity contribution in [3.05, 3.63) is 42.2 Å². The van der Waals surface area contributed by atoms with Gasteiger partial charge >= 0.3 is 0 Å². The molecule has 0 amide bonds. The van der Waals surface area contributed by atoms with Crippen LogP contribution in [0.1, 0.15) is 5.56 Å². The minimum absolute atomic E-state index is 0.568. The van der Waals surface area contributed by atoms with Gasteiger partial charge in [0.25, 0.3) is 0 Å². The van der Waals surface area contributed by atoms with Crippen molar-refractivity contribution < 1.29 is 0 Å². The number of benzene rings is 1. The first-order valence-corrected chi connectivity index (χ1v) is 4.32. The highest BCUT2D eigenvalue weighted by atomic mass is 35.5. The molecule has 0 N–H and O–H groups in total. The van der Waals surface area contributed by atoms with E-state index in [1.807, 2.05) is 24.4 Å². The van der Waals surface area contributed by atoms with Crippen LogP contribution in [0.25, 0.3) is 10.8 Å². The Morgan fingerprint density at radius 3 is 2.92 bits per heavy atom. The van der Waals surface area contributed by atoms with Crippen molar-refractivity contribution in [2.75, 3.05) is 0 Å². The van der Waals surface area contributed by atoms with E-state index in [-0.39, 0.29) is 0 Å². The Hall–Kier alpha value is -1.08. The molecule has 0 saturated heterocycles. The maximum atomic E-state index is 5.71. The van der Waals surface area contributed by atoms with Crippen LogP contribution in [-0.2, 0) is 5.88 Å². The third-order valence-electron chi connectivity index (χ3n) is 1.86. The zero-order valence-electron chi connectivity index (χ0n) is 6.50. The van der Waals surface area contributed by atoms with Crippen LogP contribution in [0, 0.1) is 0 Å². The number of hydrogen-bond donors (Lipinski definition) is 0. The average molecular weight is 178 g/mol. The van der Waals surface area contributed by atoms with Gasteiger partial charge in [0.1, 0.15) is 0 Å². The third kappa shape index (κ3) is 1.28. The Kier molecular flexibility index (Phi) is 1.96. The summed E-state index contributed by atoms with van der Waals surface area (Å²) in [5.74, 6) is 0.568. The van der Waals surface area contributed by atoms with Crippen molar-refractivity contribution in [1.29, 1.82) is 0 Å². The first kappa shape index (κ1) is 7.56. The maximum Gasteiger partial charge on any atom is 0.0474 e. The first-order chi connectivity index (χ1) is 5.90. The van der Waals surface area contributed by atoms with Crippen LogP contribution in [0.2, 0.25) is 0 Å². The lowest BCUT2D eigenvalue weighted by molar-refractivity contribution is 1.35. The largest absolute Gasteiger partial charge is 0.264 e. The van der Waals surface area contributed by atoms with Crippen molar-refractivity contribution in [2.24, 2.45) is 0 Å². The molecule has 0 aliphatic rings. The second-order valence-electron chi connectivity index (χ2n) is 2.69. The lowest BCUT2D eigenvalue weighted by Crippen LogP contribution is -1.79. The van der Waals surface area contributed by atoms with E-state index in [0.29, 0.717) is 5.88 Å². The zero-order chi connectivity index (χ0) is 8.39. The summed E-state index contributed by atoms with van der Waals surface area (Å²) in [7, 11) is 0. The summed E-state index contributed by atoms with van der Waals surface area (Å²) < 4.78 is 0. The van der Waals surface area contributed by atoms with Gasteiger partial charge in [0.2, 0.25) is 0 Å². The van der Waals surface area contributed by atoms with Crippen LogP contribution in [0.4, 0.5) is 0 Å². The Balaban J connectivity index is 2.67. The molecule has 0 aliphatic heterocycles. The molecular weight excluding hydrogens is 170 g/mol. The van der Waals surface area contributed by atoms with Gasteiger partial charge in [-0.2, -0.15) is 0 Å². The fraction of sp³-hybridized carbons (Fsp3) is 0.100. The summed E-state index contributed by atoms with van der Waals surface area (Å²) in [5.41, 5.74) is 1.15. The number of hydrogen-bond acceptors (Lipinski definition) is 1. The maximum absolute atomic E-state index is 5.71. The van der Waals surface area contributed by atoms with Crippen LogP contribution in [-0.4, -0.2) is 4.98 Å². The van der Waals surface area contributed by atoms with E-state index in [9.17, 15) is 0 Å². The number of aromatic nitrogens is 1. The summed E-state index contributed by atoms with van der Waals surface area (Å²) in [6.45, 7) is 0. The smallest absolute Gasteiger partial charge is 0.0474 e. The van der Waals surface area contributed by atoms with E-state index in [2.05, 4.69) is 11.1 Å². The molecule has 0 bridgehead atoms. The van der Waals surface area contributed by atoms with E-state index in [4.69, 9.17) is 11.6 Å². The van der Waals surface area contributed by atoms with Gasteiger partial charge in [-0.25, -0.2) is 0 Å². The van der Waals surface area contributed by atoms with Gasteiger partial charge < -0.3 is 0 Å². The predicted octanol–water partition coefficient (Wildman–Crippen LogP) is 2.97. The minimum Gasteiger partial charge on any atom is -0.264 e. The van der Waals surface area contributed by atoms with E-state index >= 15 is 0 Å². The fourth-order valence-corrected chi connectivity index (χ4v) is 1.38. The van der Waals surface area contributed by atoms with Crippen molar-refractivity contribution in [1.82, 2.24) is 4.98 Å². The molecule has 1 aromatic carbocycles. The molecule has 0 saturated carbocycles. The molecule has 2 heteroatoms. The fourth-order valence-electron chi connectivity index (χ4n) is 1.22. The van der Waals surface area contributed by atoms with Gasteiger partial charge in [-0.05, 0) is 23.1 Å². The second-order valence-corrected chi connectivity index (χ2v) is 2.96. The van der Waals surface area contributed by atoms with Gasteiger partial charge in [0, 0.05) is 23.7 Å². The van der Waals surface area contributed by atoms with Crippen molar-refractivity contribution >= 4 is 22.4 Å². The van der Waals surface area contributed by atoms with Crippen LogP contribution in [0.3, 0.4) is 0 Å². The molecule has 1 heterocycles. The van der Waals surface area contributed by atoms with E-state index < -0.39 is 0 Å². The van der Waals surface area contributed by atoms with Gasteiger partial charge in [0.05, 0.1) is 0 Å². The Bertz CT molecular complexity index is 398. The van der Waals surface area contributed by atoms with Crippen LogP contribution < -0.4 is 0 Å². The van der Waals surface area contributed by atoms with E-state index in [0.717, 1.165) is 10.9 Å². The second kappa shape index (κ2) is 3.11. The lowest BCUT2D eigenvalue weighted by Gasteiger charge is -1.98. The number of nitrogens with zero attached hydrogens (tertiary/aromatic N) is 1. The van der Waals surface area contributed by atoms with Crippen LogP contribution >= 0.6 is 11.6 Å². The molecule has 1 aromatic heterocycles. The van der Waals surface area contributed by atoms with Crippen LogP contribution in [0.15, 0.2) is 36.7 Å². The molecule has 2 aromatic rings. The highest BCUT2D eigenvalue weighted by Crippen LogP contribution is 2.15. The highest BCUT2D eigenvalue weighted by Gasteiger charge is 1.93. The standard InChI is InChI=1S/C10H8ClN/c11-6-8-1-2-10-7-12-4-3-9(10)5-8/h1-5,7H,6H2. The highest BCUT2D eigenvalue weighted by molar-refractivity contribution is 6.17. The Morgan fingerprint density at radius 2 is 2.08 bits per heavy atom. The summed E-state index contributed by atoms with van der Waals surface area (Å²) >= 11 is 5.71. The number of halogens is 1. The zero-order valence-corrected chi connectivity index (χ0v) is 7.25. The van der Waals surface area contributed by atoms with Gasteiger partial charge in [-0.15, -0.1) is 11.6 Å². The Morgan fingerprint density at radius 1 is 1.17 bits per heavy atom. The summed E-state index contributed by atoms with van der Waals surface area (Å²) in [4.78, 5) is 4.04. The summed E-state index contributed by atoms with van der Waals surface area (Å²) in [6.07, 6.45) is 3.65. The molecule has 12 heavy (non-hydrogen) atoms. The number of fused-ring (bicyclic) bond motifs is 1. The summed E-state index contributed by atoms with van der Waals surface area (Å²) in [5, 5.41) is 2.36. The van der Waals surface area contributed by atoms with Gasteiger partial charge in [-0.1, -0.05) is 12.1 Å². The third-order valence-corrected chi connectivity index (χ3v) is 2.17. The summed E-state index contributed by atoms with van der Waals surface area (Å²) in [6, 6.07) is 8.15. The Labute approximate surface area is 76.0 Å². The molecule has 0 radical (unpaired) electrons. The minimum atomic E-state index is 0.568. The SMILES string of the molecule is ClCc1ccc2cnccc2c1. The molecule has 2 rings (SSSR count). The van der Waals surface area contributed by atoms with E-state index in [1.165, 1.54) is 5.39 Å². The molecule has 0 fully saturated rings. The number of pyridine rings is 1. The predicted molar refractivity (Wildman–Crippen MR) is 51.3 cm³/mol. The normalized spacial score (nSPS) is 10.4. The average Bonchev–Trinajstić information content (AvgIpc) is 2.17. The molecule has 60 valence electrons. The van der Waals surface area contributed by atoms with Crippen molar-refractivity contribution in [2.45, 2.75) is 5.88 Å². The first-order valence-electron chi connectivity index (χ1n) is 3.79. The molecule has 0 spiro atoms. The van der Waals surface area contributed by atoms with Crippen molar-refractivity contribution in [3.8, 4) is 0 Å². The van der Waals surface area contributed by atoms with E-state index in [1.54, 1.807) is 6.20 Å². The van der Waals surface area contributed by atoms with Crippen molar-refractivity contribution in [3.63, 3.8) is 0 Å². The van der Waals surface area contributed by atoms with Gasteiger partial charge in [-0.3, -0.25) is 4.98 Å². The molecule has 1 nitrogen and oxygen atoms in total. The molecule has 0 aliphatic carbocycles. The van der Waals surface area contributed by atoms with Gasteiger partial charge in [0.15, 0.2) is 0 Å². The quantitative estimate of drug-likeness (QED) is 0.611. The molecule has 0 atom stereocenters.